The summed E-state index contributed by atoms with van der Waals surface area (Å²) in [6.45, 7) is 2.01. The Bertz CT molecular complexity index is 363. The fourth-order valence-corrected chi connectivity index (χ4v) is 1.40. The van der Waals surface area contributed by atoms with Crippen molar-refractivity contribution >= 4 is 17.5 Å². The van der Waals surface area contributed by atoms with Crippen LogP contribution in [0.4, 0.5) is 5.69 Å². The molecule has 2 heteroatoms. The Morgan fingerprint density at radius 1 is 1.25 bits per heavy atom. The lowest BCUT2D eigenvalue weighted by Crippen LogP contribution is -2.07. The summed E-state index contributed by atoms with van der Waals surface area (Å²) in [4.78, 5) is 13.3. The van der Waals surface area contributed by atoms with E-state index in [-0.39, 0.29) is 5.78 Å². The molecule has 0 saturated heterocycles. The number of rotatable bonds is 5. The van der Waals surface area contributed by atoms with E-state index in [9.17, 15) is 4.79 Å². The first-order chi connectivity index (χ1) is 7.63. The van der Waals surface area contributed by atoms with Gasteiger partial charge in [-0.1, -0.05) is 25.1 Å². The summed E-state index contributed by atoms with van der Waals surface area (Å²) in [5.41, 5.74) is 2.23. The van der Waals surface area contributed by atoms with Crippen molar-refractivity contribution in [2.75, 3.05) is 19.0 Å². The standard InChI is InChI=1S/C14H19NO/c1-4-5-14(16)11-8-12-6-9-13(10-7-12)15(2)3/h6-11H,4-5H2,1-3H3/b11-8+. The van der Waals surface area contributed by atoms with Gasteiger partial charge >= 0.3 is 0 Å². The van der Waals surface area contributed by atoms with Gasteiger partial charge in [0.25, 0.3) is 0 Å². The second-order valence-corrected chi connectivity index (χ2v) is 4.04. The van der Waals surface area contributed by atoms with E-state index in [0.717, 1.165) is 17.7 Å². The molecule has 86 valence electrons. The van der Waals surface area contributed by atoms with Crippen molar-refractivity contribution in [2.24, 2.45) is 0 Å². The smallest absolute Gasteiger partial charge is 0.155 e. The monoisotopic (exact) mass is 217 g/mol. The van der Waals surface area contributed by atoms with E-state index < -0.39 is 0 Å². The van der Waals surface area contributed by atoms with E-state index in [4.69, 9.17) is 0 Å². The summed E-state index contributed by atoms with van der Waals surface area (Å²) in [5.74, 6) is 0.194. The molecule has 0 heterocycles. The van der Waals surface area contributed by atoms with Crippen LogP contribution in [0.5, 0.6) is 0 Å². The zero-order valence-corrected chi connectivity index (χ0v) is 10.2. The van der Waals surface area contributed by atoms with Crippen LogP contribution in [0.1, 0.15) is 25.3 Å². The average Bonchev–Trinajstić information content (AvgIpc) is 2.27. The van der Waals surface area contributed by atoms with E-state index in [2.05, 4.69) is 4.90 Å². The predicted molar refractivity (Wildman–Crippen MR) is 69.7 cm³/mol. The Morgan fingerprint density at radius 2 is 1.88 bits per heavy atom. The van der Waals surface area contributed by atoms with Crippen molar-refractivity contribution in [1.82, 2.24) is 0 Å². The Labute approximate surface area is 97.6 Å². The van der Waals surface area contributed by atoms with Crippen molar-refractivity contribution in [3.8, 4) is 0 Å². The van der Waals surface area contributed by atoms with Gasteiger partial charge in [0.2, 0.25) is 0 Å². The first-order valence-corrected chi connectivity index (χ1v) is 5.61. The van der Waals surface area contributed by atoms with Gasteiger partial charge in [-0.15, -0.1) is 0 Å². The number of allylic oxidation sites excluding steroid dienone is 1. The molecule has 0 bridgehead atoms. The van der Waals surface area contributed by atoms with Gasteiger partial charge < -0.3 is 4.90 Å². The minimum absolute atomic E-state index is 0.194. The van der Waals surface area contributed by atoms with E-state index in [1.807, 2.05) is 51.4 Å². The minimum Gasteiger partial charge on any atom is -0.378 e. The van der Waals surface area contributed by atoms with Crippen LogP contribution in [0.15, 0.2) is 30.3 Å². The van der Waals surface area contributed by atoms with Crippen LogP contribution >= 0.6 is 0 Å². The zero-order valence-electron chi connectivity index (χ0n) is 10.2. The van der Waals surface area contributed by atoms with E-state index in [1.165, 1.54) is 0 Å². The number of nitrogens with zero attached hydrogens (tertiary/aromatic N) is 1. The number of ketones is 1. The fraction of sp³-hybridized carbons (Fsp3) is 0.357. The maximum atomic E-state index is 11.3. The Morgan fingerprint density at radius 3 is 2.38 bits per heavy atom. The maximum Gasteiger partial charge on any atom is 0.155 e. The van der Waals surface area contributed by atoms with Gasteiger partial charge in [-0.05, 0) is 30.2 Å². The van der Waals surface area contributed by atoms with Crippen molar-refractivity contribution in [2.45, 2.75) is 19.8 Å². The van der Waals surface area contributed by atoms with Gasteiger partial charge in [-0.2, -0.15) is 0 Å². The summed E-state index contributed by atoms with van der Waals surface area (Å²) in [7, 11) is 4.02. The maximum absolute atomic E-state index is 11.3. The van der Waals surface area contributed by atoms with Gasteiger partial charge in [-0.25, -0.2) is 0 Å². The van der Waals surface area contributed by atoms with Crippen LogP contribution in [0.2, 0.25) is 0 Å². The minimum atomic E-state index is 0.194. The lowest BCUT2D eigenvalue weighted by Gasteiger charge is -2.11. The molecule has 0 unspecified atom stereocenters. The zero-order chi connectivity index (χ0) is 12.0. The molecule has 0 aliphatic rings. The largest absolute Gasteiger partial charge is 0.378 e. The number of hydrogen-bond acceptors (Lipinski definition) is 2. The molecular formula is C14H19NO. The molecule has 0 aromatic heterocycles. The van der Waals surface area contributed by atoms with Gasteiger partial charge in [0.05, 0.1) is 0 Å². The van der Waals surface area contributed by atoms with E-state index in [1.54, 1.807) is 6.08 Å². The molecule has 1 aromatic carbocycles. The van der Waals surface area contributed by atoms with Crippen LogP contribution in [0.3, 0.4) is 0 Å². The van der Waals surface area contributed by atoms with Crippen LogP contribution in [0, 0.1) is 0 Å². The lowest BCUT2D eigenvalue weighted by molar-refractivity contribution is -0.114. The molecule has 0 aliphatic heterocycles. The summed E-state index contributed by atoms with van der Waals surface area (Å²) in [6.07, 6.45) is 5.07. The molecule has 2 nitrogen and oxygen atoms in total. The number of carbonyl (C=O) groups is 1. The average molecular weight is 217 g/mol. The first kappa shape index (κ1) is 12.5. The van der Waals surface area contributed by atoms with Crippen molar-refractivity contribution in [3.05, 3.63) is 35.9 Å². The third kappa shape index (κ3) is 3.89. The summed E-state index contributed by atoms with van der Waals surface area (Å²) in [5, 5.41) is 0. The van der Waals surface area contributed by atoms with Gasteiger partial charge in [0.1, 0.15) is 0 Å². The Balaban J connectivity index is 2.65. The van der Waals surface area contributed by atoms with Crippen LogP contribution < -0.4 is 4.90 Å². The fourth-order valence-electron chi connectivity index (χ4n) is 1.40. The molecule has 0 saturated carbocycles. The third-order valence-electron chi connectivity index (χ3n) is 2.37. The molecule has 0 atom stereocenters. The molecule has 1 rings (SSSR count). The molecule has 0 amide bonds. The first-order valence-electron chi connectivity index (χ1n) is 5.61. The van der Waals surface area contributed by atoms with E-state index >= 15 is 0 Å². The topological polar surface area (TPSA) is 20.3 Å². The number of anilines is 1. The normalized spacial score (nSPS) is 10.7. The highest BCUT2D eigenvalue weighted by Crippen LogP contribution is 2.13. The molecule has 1 aromatic rings. The SMILES string of the molecule is CCCC(=O)/C=C/c1ccc(N(C)C)cc1. The predicted octanol–water partition coefficient (Wildman–Crippen LogP) is 3.14. The number of hydrogen-bond donors (Lipinski definition) is 0. The second-order valence-electron chi connectivity index (χ2n) is 4.04. The second kappa shape index (κ2) is 6.11. The Hall–Kier alpha value is -1.57. The van der Waals surface area contributed by atoms with Crippen molar-refractivity contribution < 1.29 is 4.79 Å². The lowest BCUT2D eigenvalue weighted by atomic mass is 10.1. The summed E-state index contributed by atoms with van der Waals surface area (Å²) >= 11 is 0. The van der Waals surface area contributed by atoms with Gasteiger partial charge in [-0.3, -0.25) is 4.79 Å². The molecule has 0 aliphatic carbocycles. The van der Waals surface area contributed by atoms with Gasteiger partial charge in [0.15, 0.2) is 5.78 Å². The number of benzene rings is 1. The summed E-state index contributed by atoms with van der Waals surface area (Å²) in [6, 6.07) is 8.13. The molecule has 0 N–H and O–H groups in total. The molecule has 0 radical (unpaired) electrons. The Kier molecular flexibility index (Phi) is 4.77. The molecule has 0 spiro atoms. The van der Waals surface area contributed by atoms with Crippen molar-refractivity contribution in [3.63, 3.8) is 0 Å². The number of carbonyl (C=O) groups excluding carboxylic acids is 1. The van der Waals surface area contributed by atoms with Crippen LogP contribution in [-0.4, -0.2) is 19.9 Å². The summed E-state index contributed by atoms with van der Waals surface area (Å²) < 4.78 is 0. The molecule has 16 heavy (non-hydrogen) atoms. The van der Waals surface area contributed by atoms with Crippen LogP contribution in [0.25, 0.3) is 6.08 Å². The third-order valence-corrected chi connectivity index (χ3v) is 2.37. The molecule has 0 fully saturated rings. The highest BCUT2D eigenvalue weighted by atomic mass is 16.1. The van der Waals surface area contributed by atoms with Crippen molar-refractivity contribution in [1.29, 1.82) is 0 Å². The van der Waals surface area contributed by atoms with E-state index in [0.29, 0.717) is 6.42 Å². The quantitative estimate of drug-likeness (QED) is 0.706. The van der Waals surface area contributed by atoms with Crippen LogP contribution in [-0.2, 0) is 4.79 Å². The highest BCUT2D eigenvalue weighted by Gasteiger charge is 1.95. The van der Waals surface area contributed by atoms with Gasteiger partial charge in [0, 0.05) is 26.2 Å². The molecular weight excluding hydrogens is 198 g/mol. The highest BCUT2D eigenvalue weighted by molar-refractivity contribution is 5.93.